The van der Waals surface area contributed by atoms with Crippen LogP contribution in [0.3, 0.4) is 0 Å². The van der Waals surface area contributed by atoms with E-state index in [0.717, 1.165) is 18.5 Å². The van der Waals surface area contributed by atoms with Gasteiger partial charge < -0.3 is 5.32 Å². The number of benzene rings is 1. The van der Waals surface area contributed by atoms with Crippen LogP contribution in [0.4, 0.5) is 11.4 Å². The number of sulfone groups is 1. The molecule has 0 aliphatic heterocycles. The number of nitrogens with one attached hydrogen (secondary N) is 1. The first kappa shape index (κ1) is 16.8. The van der Waals surface area contributed by atoms with Crippen LogP contribution in [0.2, 0.25) is 5.15 Å². The highest BCUT2D eigenvalue weighted by atomic mass is 35.5. The predicted molar refractivity (Wildman–Crippen MR) is 83.4 cm³/mol. The van der Waals surface area contributed by atoms with Crippen LogP contribution >= 0.6 is 11.6 Å². The molecular weight excluding hydrogens is 346 g/mol. The Kier molecular flexibility index (Phi) is 4.62. The number of nitro groups is 1. The second-order valence-corrected chi connectivity index (χ2v) is 6.92. The smallest absolute Gasteiger partial charge is 0.288 e. The van der Waals surface area contributed by atoms with Crippen molar-refractivity contribution in [2.24, 2.45) is 0 Å². The van der Waals surface area contributed by atoms with E-state index in [-0.39, 0.29) is 27.0 Å². The number of aromatic nitrogens is 1. The van der Waals surface area contributed by atoms with Gasteiger partial charge in [-0.15, -0.1) is 0 Å². The fraction of sp³-hybridized carbons (Fsp3) is 0.0769. The molecule has 1 heterocycles. The van der Waals surface area contributed by atoms with Gasteiger partial charge in [0.1, 0.15) is 11.3 Å². The van der Waals surface area contributed by atoms with E-state index < -0.39 is 20.7 Å². The van der Waals surface area contributed by atoms with Crippen LogP contribution in [0.25, 0.3) is 0 Å². The molecule has 0 spiro atoms. The molecule has 1 N–H and O–H groups in total. The summed E-state index contributed by atoms with van der Waals surface area (Å²) in [6.45, 7) is 0. The summed E-state index contributed by atoms with van der Waals surface area (Å²) in [5, 5.41) is 13.0. The fourth-order valence-electron chi connectivity index (χ4n) is 1.70. The van der Waals surface area contributed by atoms with Crippen molar-refractivity contribution in [3.63, 3.8) is 0 Å². The van der Waals surface area contributed by atoms with E-state index in [0.29, 0.717) is 0 Å². The van der Waals surface area contributed by atoms with E-state index in [1.54, 1.807) is 0 Å². The van der Waals surface area contributed by atoms with Crippen molar-refractivity contribution < 1.29 is 18.1 Å². The highest BCUT2D eigenvalue weighted by Crippen LogP contribution is 2.21. The van der Waals surface area contributed by atoms with Gasteiger partial charge in [-0.3, -0.25) is 14.9 Å². The minimum absolute atomic E-state index is 0.0264. The van der Waals surface area contributed by atoms with Crippen molar-refractivity contribution in [3.8, 4) is 0 Å². The average Bonchev–Trinajstić information content (AvgIpc) is 2.46. The summed E-state index contributed by atoms with van der Waals surface area (Å²) in [6.07, 6.45) is 1.97. The van der Waals surface area contributed by atoms with Gasteiger partial charge in [0.15, 0.2) is 9.84 Å². The van der Waals surface area contributed by atoms with Crippen LogP contribution in [0, 0.1) is 10.1 Å². The Morgan fingerprint density at radius 3 is 2.65 bits per heavy atom. The maximum atomic E-state index is 12.2. The van der Waals surface area contributed by atoms with Crippen molar-refractivity contribution >= 4 is 38.7 Å². The molecular formula is C13H10ClN3O5S. The molecule has 10 heteroatoms. The number of hydrogen-bond acceptors (Lipinski definition) is 6. The third-order valence-corrected chi connectivity index (χ3v) is 4.21. The van der Waals surface area contributed by atoms with E-state index in [1.807, 2.05) is 0 Å². The van der Waals surface area contributed by atoms with E-state index in [1.165, 1.54) is 24.3 Å². The monoisotopic (exact) mass is 355 g/mol. The predicted octanol–water partition coefficient (Wildman–Crippen LogP) is 2.30. The van der Waals surface area contributed by atoms with Gasteiger partial charge in [0.2, 0.25) is 0 Å². The minimum atomic E-state index is -3.43. The molecule has 1 amide bonds. The molecule has 0 atom stereocenters. The maximum Gasteiger partial charge on any atom is 0.288 e. The molecule has 23 heavy (non-hydrogen) atoms. The van der Waals surface area contributed by atoms with Crippen molar-refractivity contribution in [2.45, 2.75) is 4.90 Å². The van der Waals surface area contributed by atoms with Crippen molar-refractivity contribution in [1.29, 1.82) is 0 Å². The number of hydrogen-bond donors (Lipinski definition) is 1. The molecule has 0 fully saturated rings. The van der Waals surface area contributed by atoms with Crippen LogP contribution in [-0.4, -0.2) is 30.5 Å². The SMILES string of the molecule is CS(=O)(=O)c1cccc(NC(=O)c2cc([N+](=O)[O-])cnc2Cl)c1. The summed E-state index contributed by atoms with van der Waals surface area (Å²) in [6, 6.07) is 6.58. The first-order valence-corrected chi connectivity index (χ1v) is 8.37. The van der Waals surface area contributed by atoms with Crippen molar-refractivity contribution in [3.05, 3.63) is 57.4 Å². The zero-order valence-corrected chi connectivity index (χ0v) is 13.3. The summed E-state index contributed by atoms with van der Waals surface area (Å²) in [5.74, 6) is -0.739. The Morgan fingerprint density at radius 2 is 2.04 bits per heavy atom. The van der Waals surface area contributed by atoms with Crippen LogP contribution in [0.15, 0.2) is 41.4 Å². The van der Waals surface area contributed by atoms with Gasteiger partial charge in [0.25, 0.3) is 11.6 Å². The second kappa shape index (κ2) is 6.31. The molecule has 1 aromatic carbocycles. The zero-order valence-electron chi connectivity index (χ0n) is 11.7. The number of pyridine rings is 1. The summed E-state index contributed by atoms with van der Waals surface area (Å²) in [7, 11) is -3.43. The molecule has 0 unspecified atom stereocenters. The zero-order chi connectivity index (χ0) is 17.2. The van der Waals surface area contributed by atoms with Gasteiger partial charge in [0, 0.05) is 18.0 Å². The van der Waals surface area contributed by atoms with Gasteiger partial charge in [-0.25, -0.2) is 13.4 Å². The van der Waals surface area contributed by atoms with Crippen LogP contribution in [0.5, 0.6) is 0 Å². The molecule has 2 rings (SSSR count). The molecule has 1 aromatic heterocycles. The summed E-state index contributed by atoms with van der Waals surface area (Å²) in [4.78, 5) is 25.8. The summed E-state index contributed by atoms with van der Waals surface area (Å²) in [5.41, 5.74) is -0.365. The first-order valence-electron chi connectivity index (χ1n) is 6.10. The number of amides is 1. The Morgan fingerprint density at radius 1 is 1.35 bits per heavy atom. The van der Waals surface area contributed by atoms with E-state index >= 15 is 0 Å². The lowest BCUT2D eigenvalue weighted by atomic mass is 10.2. The van der Waals surface area contributed by atoms with Gasteiger partial charge in [-0.2, -0.15) is 0 Å². The Balaban J connectivity index is 2.33. The molecule has 0 saturated heterocycles. The third kappa shape index (κ3) is 4.02. The standard InChI is InChI=1S/C13H10ClN3O5S/c1-23(21,22)10-4-2-3-8(5-10)16-13(18)11-6-9(17(19)20)7-15-12(11)14/h2-7H,1H3,(H,16,18). The molecule has 0 bridgehead atoms. The number of carbonyl (C=O) groups is 1. The molecule has 0 aliphatic rings. The van der Waals surface area contributed by atoms with Crippen molar-refractivity contribution in [2.75, 3.05) is 11.6 Å². The molecule has 8 nitrogen and oxygen atoms in total. The van der Waals surface area contributed by atoms with Gasteiger partial charge in [-0.1, -0.05) is 17.7 Å². The number of rotatable bonds is 4. The third-order valence-electron chi connectivity index (χ3n) is 2.80. The molecule has 0 aliphatic carbocycles. The van der Waals surface area contributed by atoms with Crippen molar-refractivity contribution in [1.82, 2.24) is 4.98 Å². The van der Waals surface area contributed by atoms with E-state index in [4.69, 9.17) is 11.6 Å². The number of halogens is 1. The van der Waals surface area contributed by atoms with Gasteiger partial charge >= 0.3 is 0 Å². The minimum Gasteiger partial charge on any atom is -0.322 e. The Bertz CT molecular complexity index is 898. The summed E-state index contributed by atoms with van der Waals surface area (Å²) < 4.78 is 23.0. The lowest BCUT2D eigenvalue weighted by molar-refractivity contribution is -0.385. The average molecular weight is 356 g/mol. The highest BCUT2D eigenvalue weighted by molar-refractivity contribution is 7.90. The molecule has 2 aromatic rings. The lowest BCUT2D eigenvalue weighted by Crippen LogP contribution is -2.14. The van der Waals surface area contributed by atoms with Crippen LogP contribution < -0.4 is 5.32 Å². The highest BCUT2D eigenvalue weighted by Gasteiger charge is 2.18. The Hall–Kier alpha value is -2.52. The fourth-order valence-corrected chi connectivity index (χ4v) is 2.56. The summed E-state index contributed by atoms with van der Waals surface area (Å²) >= 11 is 5.78. The molecule has 0 radical (unpaired) electrons. The van der Waals surface area contributed by atoms with Gasteiger partial charge in [-0.05, 0) is 18.2 Å². The number of anilines is 1. The lowest BCUT2D eigenvalue weighted by Gasteiger charge is -2.07. The van der Waals surface area contributed by atoms with Gasteiger partial charge in [0.05, 0.1) is 15.4 Å². The number of carbonyl (C=O) groups excluding carboxylic acids is 1. The Labute approximate surface area is 136 Å². The topological polar surface area (TPSA) is 119 Å². The normalized spacial score (nSPS) is 11.0. The molecule has 120 valence electrons. The van der Waals surface area contributed by atoms with E-state index in [2.05, 4.69) is 10.3 Å². The largest absolute Gasteiger partial charge is 0.322 e. The first-order chi connectivity index (χ1) is 10.7. The second-order valence-electron chi connectivity index (χ2n) is 4.54. The number of nitrogens with zero attached hydrogens (tertiary/aromatic N) is 2. The van der Waals surface area contributed by atoms with E-state index in [9.17, 15) is 23.3 Å². The molecule has 0 saturated carbocycles. The van der Waals surface area contributed by atoms with Crippen LogP contribution in [-0.2, 0) is 9.84 Å². The van der Waals surface area contributed by atoms with Crippen LogP contribution in [0.1, 0.15) is 10.4 Å². The quantitative estimate of drug-likeness (QED) is 0.510. The maximum absolute atomic E-state index is 12.2.